The zero-order chi connectivity index (χ0) is 24.5. The summed E-state index contributed by atoms with van der Waals surface area (Å²) in [6.07, 6.45) is -7.45. The van der Waals surface area contributed by atoms with Crippen LogP contribution < -0.4 is 21.3 Å². The molecule has 3 amide bonds. The zero-order valence-electron chi connectivity index (χ0n) is 17.9. The highest BCUT2D eigenvalue weighted by atomic mass is 35.5. The third-order valence-corrected chi connectivity index (χ3v) is 4.77. The van der Waals surface area contributed by atoms with Gasteiger partial charge in [0.2, 0.25) is 5.96 Å². The first-order valence-corrected chi connectivity index (χ1v) is 9.75. The molecule has 2 aliphatic rings. The second-order valence-corrected chi connectivity index (χ2v) is 7.16. The number of urea groups is 1. The average Bonchev–Trinajstić information content (AvgIpc) is 3.06. The molecule has 11 nitrogen and oxygen atoms in total. The van der Waals surface area contributed by atoms with Crippen LogP contribution in [0.2, 0.25) is 0 Å². The Labute approximate surface area is 197 Å². The normalized spacial score (nSPS) is 20.1. The number of hydrogen-bond donors (Lipinski definition) is 4. The summed E-state index contributed by atoms with van der Waals surface area (Å²) in [6, 6.07) is 1.93. The number of hydrogen-bond acceptors (Lipinski definition) is 7. The van der Waals surface area contributed by atoms with E-state index in [1.807, 2.05) is 0 Å². The lowest BCUT2D eigenvalue weighted by atomic mass is 10.0. The van der Waals surface area contributed by atoms with E-state index in [4.69, 9.17) is 10.8 Å². The lowest BCUT2D eigenvalue weighted by molar-refractivity contribution is -0.137. The van der Waals surface area contributed by atoms with Crippen LogP contribution >= 0.6 is 12.4 Å². The van der Waals surface area contributed by atoms with E-state index >= 15 is 0 Å². The number of carbonyl (C=O) groups excluding carboxylic acids is 2. The first-order chi connectivity index (χ1) is 15.5. The largest absolute Gasteiger partial charge is 0.511 e. The van der Waals surface area contributed by atoms with Crippen molar-refractivity contribution in [1.82, 2.24) is 15.5 Å². The maximum Gasteiger partial charge on any atom is 0.511 e. The Balaban J connectivity index is 0.00000408. The van der Waals surface area contributed by atoms with Crippen molar-refractivity contribution < 1.29 is 37.4 Å². The van der Waals surface area contributed by atoms with Crippen molar-refractivity contribution >= 4 is 42.1 Å². The molecule has 2 heterocycles. The number of para-hydroxylation sites is 1. The Kier molecular flexibility index (Phi) is 8.00. The van der Waals surface area contributed by atoms with Gasteiger partial charge in [-0.2, -0.15) is 13.2 Å². The number of aliphatic imine (C=N–C) groups is 1. The minimum absolute atomic E-state index is 0. The molecule has 3 rings (SSSR count). The number of benzene rings is 1. The maximum atomic E-state index is 14.0. The van der Waals surface area contributed by atoms with Crippen molar-refractivity contribution in [2.45, 2.75) is 32.2 Å². The van der Waals surface area contributed by atoms with Gasteiger partial charge in [-0.25, -0.2) is 14.6 Å². The molecule has 0 radical (unpaired) electrons. The Hall–Kier alpha value is -3.52. The number of guanidine groups is 1. The van der Waals surface area contributed by atoms with Gasteiger partial charge in [-0.05, 0) is 26.0 Å². The third kappa shape index (κ3) is 5.17. The van der Waals surface area contributed by atoms with Crippen LogP contribution in [0.15, 0.2) is 35.2 Å². The molecule has 15 heteroatoms. The minimum Gasteiger partial charge on any atom is -0.449 e. The molecule has 5 N–H and O–H groups in total. The average molecular weight is 507 g/mol. The predicted molar refractivity (Wildman–Crippen MR) is 116 cm³/mol. The number of nitrogens with zero attached hydrogens (tertiary/aromatic N) is 3. The molecular weight excluding hydrogens is 485 g/mol. The van der Waals surface area contributed by atoms with Crippen LogP contribution in [0.3, 0.4) is 0 Å². The number of nitrogens with two attached hydrogens (primary N) is 1. The summed E-state index contributed by atoms with van der Waals surface area (Å²) in [5, 5.41) is 14.0. The number of halogens is 4. The molecule has 2 unspecified atom stereocenters. The number of carboxylic acid groups (broad SMARTS) is 1. The predicted octanol–water partition coefficient (Wildman–Crippen LogP) is 2.29. The van der Waals surface area contributed by atoms with Gasteiger partial charge in [0.05, 0.1) is 29.6 Å². The van der Waals surface area contributed by atoms with Gasteiger partial charge in [0.15, 0.2) is 5.76 Å². The fourth-order valence-electron chi connectivity index (χ4n) is 3.47. The van der Waals surface area contributed by atoms with Crippen molar-refractivity contribution in [2.24, 2.45) is 10.7 Å². The van der Waals surface area contributed by atoms with Crippen molar-refractivity contribution in [3.63, 3.8) is 0 Å². The van der Waals surface area contributed by atoms with E-state index in [9.17, 15) is 27.6 Å². The van der Waals surface area contributed by atoms with E-state index in [2.05, 4.69) is 20.4 Å². The van der Waals surface area contributed by atoms with Crippen molar-refractivity contribution in [3.8, 4) is 0 Å². The minimum atomic E-state index is -4.93. The van der Waals surface area contributed by atoms with Crippen molar-refractivity contribution in [3.05, 3.63) is 41.3 Å². The maximum absolute atomic E-state index is 14.0. The molecule has 2 aliphatic heterocycles. The number of amides is 3. The number of ether oxygens (including phenoxy) is 1. The summed E-state index contributed by atoms with van der Waals surface area (Å²) in [5.74, 6) is -1.67. The second-order valence-electron chi connectivity index (χ2n) is 7.16. The van der Waals surface area contributed by atoms with Gasteiger partial charge in [-0.3, -0.25) is 14.6 Å². The molecule has 1 saturated heterocycles. The standard InChI is InChI=1S/C19H21F3N6O5.ClH/c1-3-24-15(29)10-5-4-6-11(19(20,21)22)13(10)28-14(23)12(33-18(31)32)7-25-16(28)27-8-9(2)26-17(27)30;/h4-7,9,14H,3,8,23H2,1-2H3,(H,24,29)(H,26,30)(H,31,32);1H. The number of carbonyl (C=O) groups is 3. The molecule has 0 bridgehead atoms. The van der Waals surface area contributed by atoms with Gasteiger partial charge in [-0.1, -0.05) is 6.07 Å². The molecule has 0 aliphatic carbocycles. The Morgan fingerprint density at radius 2 is 2.06 bits per heavy atom. The van der Waals surface area contributed by atoms with Crippen LogP contribution in [0.25, 0.3) is 0 Å². The highest BCUT2D eigenvalue weighted by Gasteiger charge is 2.44. The van der Waals surface area contributed by atoms with Crippen LogP contribution in [0.5, 0.6) is 0 Å². The lowest BCUT2D eigenvalue weighted by Crippen LogP contribution is -2.57. The fourth-order valence-corrected chi connectivity index (χ4v) is 3.47. The number of anilines is 1. The second kappa shape index (κ2) is 10.2. The smallest absolute Gasteiger partial charge is 0.449 e. The summed E-state index contributed by atoms with van der Waals surface area (Å²) < 4.78 is 46.7. The summed E-state index contributed by atoms with van der Waals surface area (Å²) >= 11 is 0. The Morgan fingerprint density at radius 3 is 2.59 bits per heavy atom. The van der Waals surface area contributed by atoms with Gasteiger partial charge >= 0.3 is 18.4 Å². The quantitative estimate of drug-likeness (QED) is 0.457. The molecule has 0 aromatic heterocycles. The highest BCUT2D eigenvalue weighted by molar-refractivity contribution is 6.11. The van der Waals surface area contributed by atoms with Crippen LogP contribution in [-0.4, -0.2) is 59.4 Å². The van der Waals surface area contributed by atoms with E-state index in [0.717, 1.165) is 34.2 Å². The van der Waals surface area contributed by atoms with Crippen LogP contribution in [0.1, 0.15) is 29.8 Å². The van der Waals surface area contributed by atoms with Crippen molar-refractivity contribution in [2.75, 3.05) is 18.0 Å². The van der Waals surface area contributed by atoms with Gasteiger partial charge < -0.3 is 26.2 Å². The van der Waals surface area contributed by atoms with Gasteiger partial charge in [0.25, 0.3) is 5.91 Å². The molecule has 2 atom stereocenters. The lowest BCUT2D eigenvalue weighted by Gasteiger charge is -2.38. The van der Waals surface area contributed by atoms with E-state index < -0.39 is 53.0 Å². The van der Waals surface area contributed by atoms with Crippen molar-refractivity contribution in [1.29, 1.82) is 0 Å². The van der Waals surface area contributed by atoms with Crippen LogP contribution in [0.4, 0.5) is 28.4 Å². The first kappa shape index (κ1) is 26.7. The molecule has 1 fully saturated rings. The topological polar surface area (TPSA) is 150 Å². The Bertz CT molecular complexity index is 1050. The highest BCUT2D eigenvalue weighted by Crippen LogP contribution is 2.41. The fraction of sp³-hybridized carbons (Fsp3) is 0.368. The third-order valence-electron chi connectivity index (χ3n) is 4.77. The number of nitrogens with one attached hydrogen (secondary N) is 2. The number of alkyl halides is 3. The summed E-state index contributed by atoms with van der Waals surface area (Å²) in [4.78, 5) is 42.0. The van der Waals surface area contributed by atoms with E-state index in [0.29, 0.717) is 0 Å². The molecule has 1 aromatic carbocycles. The Morgan fingerprint density at radius 1 is 1.38 bits per heavy atom. The zero-order valence-corrected chi connectivity index (χ0v) is 18.7. The SMILES string of the molecule is CCNC(=O)c1cccc(C(F)(F)F)c1N1C(N2CC(C)NC2=O)=NC=C(OC(=O)O)C1N.Cl. The van der Waals surface area contributed by atoms with E-state index in [1.165, 1.54) is 0 Å². The molecule has 34 heavy (non-hydrogen) atoms. The van der Waals surface area contributed by atoms with Gasteiger partial charge in [-0.15, -0.1) is 12.4 Å². The summed E-state index contributed by atoms with van der Waals surface area (Å²) in [7, 11) is 0. The summed E-state index contributed by atoms with van der Waals surface area (Å²) in [6.45, 7) is 3.42. The van der Waals surface area contributed by atoms with E-state index in [-0.39, 0.29) is 37.5 Å². The van der Waals surface area contributed by atoms with Gasteiger partial charge in [0, 0.05) is 12.6 Å². The molecule has 1 aromatic rings. The van der Waals surface area contributed by atoms with Crippen LogP contribution in [0, 0.1) is 0 Å². The van der Waals surface area contributed by atoms with E-state index in [1.54, 1.807) is 13.8 Å². The summed E-state index contributed by atoms with van der Waals surface area (Å²) in [5.41, 5.74) is 3.79. The molecule has 0 spiro atoms. The molecule has 0 saturated carbocycles. The number of rotatable bonds is 4. The molecular formula is C19H22ClF3N6O5. The molecule has 186 valence electrons. The van der Waals surface area contributed by atoms with Crippen LogP contribution in [-0.2, 0) is 10.9 Å². The van der Waals surface area contributed by atoms with Gasteiger partial charge in [0.1, 0.15) is 6.17 Å². The first-order valence-electron chi connectivity index (χ1n) is 9.75. The monoisotopic (exact) mass is 506 g/mol.